The number of hydrogen-bond donors (Lipinski definition) is 1. The van der Waals surface area contributed by atoms with Crippen LogP contribution in [-0.4, -0.2) is 7.05 Å². The van der Waals surface area contributed by atoms with Crippen LogP contribution in [0.4, 0.5) is 4.39 Å². The molecule has 1 N–H and O–H groups in total. The summed E-state index contributed by atoms with van der Waals surface area (Å²) in [4.78, 5) is 0. The molecule has 0 saturated heterocycles. The number of rotatable bonds is 4. The summed E-state index contributed by atoms with van der Waals surface area (Å²) in [5.74, 6) is -0.152. The quantitative estimate of drug-likeness (QED) is 0.746. The van der Waals surface area contributed by atoms with Gasteiger partial charge in [-0.2, -0.15) is 0 Å². The van der Waals surface area contributed by atoms with Gasteiger partial charge < -0.3 is 5.32 Å². The van der Waals surface area contributed by atoms with E-state index in [0.717, 1.165) is 23.1 Å². The van der Waals surface area contributed by atoms with Crippen LogP contribution < -0.4 is 5.32 Å². The van der Waals surface area contributed by atoms with Gasteiger partial charge in [-0.15, -0.1) is 6.58 Å². The molecule has 1 unspecified atom stereocenters. The monoisotopic (exact) mass is 207 g/mol. The second-order valence-corrected chi connectivity index (χ2v) is 4.03. The number of nitrogens with one attached hydrogen (secondary N) is 1. The molecule has 0 aliphatic heterocycles. The molecule has 2 heteroatoms. The van der Waals surface area contributed by atoms with Crippen LogP contribution in [0.15, 0.2) is 30.4 Å². The fraction of sp³-hybridized carbons (Fsp3) is 0.385. The van der Waals surface area contributed by atoms with E-state index in [1.165, 1.54) is 6.07 Å². The molecule has 1 rings (SSSR count). The van der Waals surface area contributed by atoms with Crippen LogP contribution >= 0.6 is 0 Å². The molecule has 0 fully saturated rings. The fourth-order valence-corrected chi connectivity index (χ4v) is 1.65. The standard InChI is InChI=1S/C13H18FN/c1-9(2)7-13(15-4)11-8-10(3)5-6-12(11)14/h5-6,8,13,15H,1,7H2,2-4H3. The molecule has 0 radical (unpaired) electrons. The SMILES string of the molecule is C=C(C)CC(NC)c1cc(C)ccc1F. The molecular weight excluding hydrogens is 189 g/mol. The van der Waals surface area contributed by atoms with Gasteiger partial charge in [0, 0.05) is 11.6 Å². The Bertz CT molecular complexity index is 358. The van der Waals surface area contributed by atoms with E-state index in [4.69, 9.17) is 0 Å². The van der Waals surface area contributed by atoms with Gasteiger partial charge in [-0.1, -0.05) is 23.3 Å². The smallest absolute Gasteiger partial charge is 0.128 e. The third-order valence-corrected chi connectivity index (χ3v) is 2.43. The van der Waals surface area contributed by atoms with Crippen LogP contribution in [-0.2, 0) is 0 Å². The Kier molecular flexibility index (Phi) is 4.04. The van der Waals surface area contributed by atoms with E-state index in [1.807, 2.05) is 27.0 Å². The highest BCUT2D eigenvalue weighted by molar-refractivity contribution is 5.27. The maximum absolute atomic E-state index is 13.6. The zero-order valence-corrected chi connectivity index (χ0v) is 9.60. The third-order valence-electron chi connectivity index (χ3n) is 2.43. The Hall–Kier alpha value is -1.15. The normalized spacial score (nSPS) is 12.5. The Morgan fingerprint density at radius 1 is 1.53 bits per heavy atom. The summed E-state index contributed by atoms with van der Waals surface area (Å²) in [7, 11) is 1.84. The van der Waals surface area contributed by atoms with E-state index in [2.05, 4.69) is 11.9 Å². The molecule has 0 aliphatic rings. The zero-order chi connectivity index (χ0) is 11.4. The predicted octanol–water partition coefficient (Wildman–Crippen LogP) is 3.36. The summed E-state index contributed by atoms with van der Waals surface area (Å²) in [5.41, 5.74) is 2.85. The Labute approximate surface area is 91.0 Å². The maximum atomic E-state index is 13.6. The minimum Gasteiger partial charge on any atom is -0.313 e. The zero-order valence-electron chi connectivity index (χ0n) is 9.60. The van der Waals surface area contributed by atoms with Crippen LogP contribution in [0.25, 0.3) is 0 Å². The molecule has 1 atom stereocenters. The highest BCUT2D eigenvalue weighted by Gasteiger charge is 2.13. The van der Waals surface area contributed by atoms with Crippen molar-refractivity contribution in [2.24, 2.45) is 0 Å². The summed E-state index contributed by atoms with van der Waals surface area (Å²) >= 11 is 0. The number of halogens is 1. The van der Waals surface area contributed by atoms with Gasteiger partial charge in [-0.25, -0.2) is 4.39 Å². The highest BCUT2D eigenvalue weighted by Crippen LogP contribution is 2.23. The molecule has 0 aliphatic carbocycles. The molecule has 1 aromatic carbocycles. The maximum Gasteiger partial charge on any atom is 0.128 e. The van der Waals surface area contributed by atoms with Crippen molar-refractivity contribution in [3.63, 3.8) is 0 Å². The second-order valence-electron chi connectivity index (χ2n) is 4.03. The van der Waals surface area contributed by atoms with E-state index in [9.17, 15) is 4.39 Å². The van der Waals surface area contributed by atoms with Crippen molar-refractivity contribution in [2.75, 3.05) is 7.05 Å². The van der Waals surface area contributed by atoms with Crippen molar-refractivity contribution in [2.45, 2.75) is 26.3 Å². The molecule has 82 valence electrons. The number of hydrogen-bond acceptors (Lipinski definition) is 1. The van der Waals surface area contributed by atoms with Crippen LogP contribution in [0.5, 0.6) is 0 Å². The van der Waals surface area contributed by atoms with Crippen molar-refractivity contribution < 1.29 is 4.39 Å². The number of benzene rings is 1. The van der Waals surface area contributed by atoms with Gasteiger partial charge in [-0.3, -0.25) is 0 Å². The first-order chi connectivity index (χ1) is 7.04. The van der Waals surface area contributed by atoms with Crippen molar-refractivity contribution in [1.29, 1.82) is 0 Å². The molecule has 0 aromatic heterocycles. The lowest BCUT2D eigenvalue weighted by Crippen LogP contribution is -2.18. The van der Waals surface area contributed by atoms with E-state index in [0.29, 0.717) is 0 Å². The Morgan fingerprint density at radius 3 is 2.73 bits per heavy atom. The van der Waals surface area contributed by atoms with Crippen LogP contribution in [0.2, 0.25) is 0 Å². The number of aryl methyl sites for hydroxylation is 1. The molecule has 15 heavy (non-hydrogen) atoms. The van der Waals surface area contributed by atoms with E-state index >= 15 is 0 Å². The van der Waals surface area contributed by atoms with Crippen LogP contribution in [0, 0.1) is 12.7 Å². The first kappa shape index (κ1) is 11.9. The molecule has 0 saturated carbocycles. The van der Waals surface area contributed by atoms with Crippen LogP contribution in [0.3, 0.4) is 0 Å². The molecule has 0 amide bonds. The second kappa shape index (κ2) is 5.08. The van der Waals surface area contributed by atoms with Crippen molar-refractivity contribution in [3.8, 4) is 0 Å². The van der Waals surface area contributed by atoms with E-state index < -0.39 is 0 Å². The van der Waals surface area contributed by atoms with Crippen molar-refractivity contribution in [3.05, 3.63) is 47.3 Å². The lowest BCUT2D eigenvalue weighted by Gasteiger charge is -2.17. The first-order valence-electron chi connectivity index (χ1n) is 5.12. The van der Waals surface area contributed by atoms with Crippen LogP contribution in [0.1, 0.15) is 30.5 Å². The van der Waals surface area contributed by atoms with Crippen molar-refractivity contribution in [1.82, 2.24) is 5.32 Å². The molecule has 0 spiro atoms. The average molecular weight is 207 g/mol. The van der Waals surface area contributed by atoms with Gasteiger partial charge in [0.25, 0.3) is 0 Å². The van der Waals surface area contributed by atoms with Crippen molar-refractivity contribution >= 4 is 0 Å². The Morgan fingerprint density at radius 2 is 2.20 bits per heavy atom. The van der Waals surface area contributed by atoms with Gasteiger partial charge in [0.15, 0.2) is 0 Å². The minimum absolute atomic E-state index is 0.0161. The molecular formula is C13H18FN. The topological polar surface area (TPSA) is 12.0 Å². The van der Waals surface area contributed by atoms with Gasteiger partial charge >= 0.3 is 0 Å². The largest absolute Gasteiger partial charge is 0.313 e. The summed E-state index contributed by atoms with van der Waals surface area (Å²) in [5, 5.41) is 3.12. The lowest BCUT2D eigenvalue weighted by molar-refractivity contribution is 0.532. The average Bonchev–Trinajstić information content (AvgIpc) is 2.18. The van der Waals surface area contributed by atoms with Gasteiger partial charge in [0.05, 0.1) is 0 Å². The van der Waals surface area contributed by atoms with E-state index in [-0.39, 0.29) is 11.9 Å². The molecule has 0 bridgehead atoms. The van der Waals surface area contributed by atoms with E-state index in [1.54, 1.807) is 6.07 Å². The van der Waals surface area contributed by atoms with Gasteiger partial charge in [0.2, 0.25) is 0 Å². The lowest BCUT2D eigenvalue weighted by atomic mass is 9.98. The fourth-order valence-electron chi connectivity index (χ4n) is 1.65. The highest BCUT2D eigenvalue weighted by atomic mass is 19.1. The van der Waals surface area contributed by atoms with Gasteiger partial charge in [-0.05, 0) is 33.4 Å². The Balaban J connectivity index is 3.00. The molecule has 1 nitrogen and oxygen atoms in total. The molecule has 0 heterocycles. The summed E-state index contributed by atoms with van der Waals surface area (Å²) in [6.45, 7) is 7.78. The first-order valence-corrected chi connectivity index (χ1v) is 5.12. The van der Waals surface area contributed by atoms with Gasteiger partial charge in [0.1, 0.15) is 5.82 Å². The molecule has 1 aromatic rings. The third kappa shape index (κ3) is 3.17. The predicted molar refractivity (Wildman–Crippen MR) is 62.4 cm³/mol. The minimum atomic E-state index is -0.152. The summed E-state index contributed by atoms with van der Waals surface area (Å²) in [6, 6.07) is 5.21. The summed E-state index contributed by atoms with van der Waals surface area (Å²) < 4.78 is 13.6. The summed E-state index contributed by atoms with van der Waals surface area (Å²) in [6.07, 6.45) is 0.761.